The Balaban J connectivity index is 2.70. The molecule has 0 N–H and O–H groups in total. The van der Waals surface area contributed by atoms with Crippen LogP contribution in [0, 0.1) is 12.8 Å². The highest BCUT2D eigenvalue weighted by atomic mass is 32.1. The van der Waals surface area contributed by atoms with Crippen LogP contribution in [-0.2, 0) is 6.54 Å². The first-order chi connectivity index (χ1) is 8.41. The second kappa shape index (κ2) is 4.65. The van der Waals surface area contributed by atoms with Crippen LogP contribution < -0.4 is 5.56 Å². The Hall–Kier alpha value is -1.49. The van der Waals surface area contributed by atoms with Gasteiger partial charge < -0.3 is 0 Å². The molecule has 0 saturated carbocycles. The summed E-state index contributed by atoms with van der Waals surface area (Å²) in [7, 11) is 0. The molecule has 96 valence electrons. The van der Waals surface area contributed by atoms with Crippen LogP contribution in [0.2, 0.25) is 0 Å². The number of rotatable bonds is 3. The molecule has 0 atom stereocenters. The zero-order valence-electron chi connectivity index (χ0n) is 11.0. The summed E-state index contributed by atoms with van der Waals surface area (Å²) >= 11 is 1.30. The van der Waals surface area contributed by atoms with Crippen molar-refractivity contribution in [3.8, 4) is 0 Å². The van der Waals surface area contributed by atoms with Crippen molar-refractivity contribution in [3.63, 3.8) is 0 Å². The monoisotopic (exact) mass is 264 g/mol. The van der Waals surface area contributed by atoms with Crippen molar-refractivity contribution in [3.05, 3.63) is 27.1 Å². The Morgan fingerprint density at radius 1 is 1.50 bits per heavy atom. The number of Topliss-reactive ketones (excluding diaryl/α,β-unsaturated/α-hetero) is 1. The average molecular weight is 264 g/mol. The molecular weight excluding hydrogens is 248 g/mol. The van der Waals surface area contributed by atoms with E-state index in [4.69, 9.17) is 0 Å². The molecule has 0 aliphatic carbocycles. The first-order valence-electron chi connectivity index (χ1n) is 5.91. The van der Waals surface area contributed by atoms with Crippen LogP contribution in [0.5, 0.6) is 0 Å². The molecule has 0 fully saturated rings. The number of carbonyl (C=O) groups is 1. The van der Waals surface area contributed by atoms with E-state index in [0.717, 1.165) is 5.56 Å². The lowest BCUT2D eigenvalue weighted by Crippen LogP contribution is -2.22. The van der Waals surface area contributed by atoms with Gasteiger partial charge in [-0.2, -0.15) is 0 Å². The number of nitrogens with zero attached hydrogens (tertiary/aromatic N) is 2. The van der Waals surface area contributed by atoms with Crippen molar-refractivity contribution in [2.24, 2.45) is 5.92 Å². The van der Waals surface area contributed by atoms with Gasteiger partial charge in [0.2, 0.25) is 0 Å². The summed E-state index contributed by atoms with van der Waals surface area (Å²) in [6, 6.07) is 0. The van der Waals surface area contributed by atoms with Gasteiger partial charge in [0, 0.05) is 6.54 Å². The van der Waals surface area contributed by atoms with Crippen LogP contribution in [0.15, 0.2) is 11.1 Å². The largest absolute Gasteiger partial charge is 0.298 e. The summed E-state index contributed by atoms with van der Waals surface area (Å²) in [5.41, 5.74) is 0.716. The third-order valence-electron chi connectivity index (χ3n) is 2.80. The molecule has 18 heavy (non-hydrogen) atoms. The highest BCUT2D eigenvalue weighted by molar-refractivity contribution is 7.20. The molecule has 2 aromatic heterocycles. The highest BCUT2D eigenvalue weighted by Crippen LogP contribution is 2.26. The third-order valence-corrected chi connectivity index (χ3v) is 4.10. The van der Waals surface area contributed by atoms with Crippen molar-refractivity contribution in [2.75, 3.05) is 0 Å². The fraction of sp³-hybridized carbons (Fsp3) is 0.462. The lowest BCUT2D eigenvalue weighted by Gasteiger charge is -2.07. The van der Waals surface area contributed by atoms with Gasteiger partial charge in [0.25, 0.3) is 5.56 Å². The van der Waals surface area contributed by atoms with Crippen molar-refractivity contribution in [1.82, 2.24) is 9.55 Å². The summed E-state index contributed by atoms with van der Waals surface area (Å²) in [5.74, 6) is 0.374. The molecule has 2 aromatic rings. The topological polar surface area (TPSA) is 52.0 Å². The van der Waals surface area contributed by atoms with Crippen LogP contribution in [0.3, 0.4) is 0 Å². The van der Waals surface area contributed by atoms with E-state index in [1.807, 2.05) is 6.92 Å². The van der Waals surface area contributed by atoms with Crippen molar-refractivity contribution < 1.29 is 4.79 Å². The highest BCUT2D eigenvalue weighted by Gasteiger charge is 2.16. The first-order valence-corrected chi connectivity index (χ1v) is 6.73. The van der Waals surface area contributed by atoms with Gasteiger partial charge in [-0.1, -0.05) is 13.8 Å². The quantitative estimate of drug-likeness (QED) is 0.801. The molecule has 0 unspecified atom stereocenters. The first kappa shape index (κ1) is 13.0. The van der Waals surface area contributed by atoms with Gasteiger partial charge in [-0.05, 0) is 25.3 Å². The Morgan fingerprint density at radius 3 is 2.72 bits per heavy atom. The maximum absolute atomic E-state index is 12.3. The molecule has 0 saturated heterocycles. The van der Waals surface area contributed by atoms with Crippen LogP contribution in [0.25, 0.3) is 10.2 Å². The Labute approximate surface area is 109 Å². The smallest absolute Gasteiger partial charge is 0.262 e. The molecule has 0 aliphatic rings. The molecule has 0 aromatic carbocycles. The summed E-state index contributed by atoms with van der Waals surface area (Å²) < 4.78 is 1.62. The molecule has 0 spiro atoms. The number of aromatic nitrogens is 2. The van der Waals surface area contributed by atoms with Crippen molar-refractivity contribution in [2.45, 2.75) is 34.2 Å². The number of fused-ring (bicyclic) bond motifs is 1. The minimum Gasteiger partial charge on any atom is -0.298 e. The Bertz CT molecular complexity index is 667. The lowest BCUT2D eigenvalue weighted by molar-refractivity contribution is 0.102. The second-order valence-electron chi connectivity index (χ2n) is 4.89. The van der Waals surface area contributed by atoms with Gasteiger partial charge in [-0.3, -0.25) is 14.2 Å². The van der Waals surface area contributed by atoms with Gasteiger partial charge in [0.05, 0.1) is 16.6 Å². The van der Waals surface area contributed by atoms with E-state index in [9.17, 15) is 9.59 Å². The number of thiophene rings is 1. The second-order valence-corrected chi connectivity index (χ2v) is 5.89. The van der Waals surface area contributed by atoms with E-state index in [0.29, 0.717) is 27.6 Å². The van der Waals surface area contributed by atoms with Crippen LogP contribution >= 0.6 is 11.3 Å². The number of aryl methyl sites for hydroxylation is 1. The number of carbonyl (C=O) groups excluding carboxylic acids is 1. The maximum atomic E-state index is 12.3. The van der Waals surface area contributed by atoms with Crippen LogP contribution in [0.4, 0.5) is 0 Å². The van der Waals surface area contributed by atoms with Crippen molar-refractivity contribution in [1.29, 1.82) is 0 Å². The van der Waals surface area contributed by atoms with Crippen molar-refractivity contribution >= 4 is 27.3 Å². The van der Waals surface area contributed by atoms with Gasteiger partial charge in [-0.25, -0.2) is 4.98 Å². The summed E-state index contributed by atoms with van der Waals surface area (Å²) in [5, 5.41) is 0.591. The normalized spacial score (nSPS) is 11.4. The molecule has 0 radical (unpaired) electrons. The standard InChI is InChI=1S/C13H16N2O2S/c1-7(2)5-15-6-14-12-10(13(15)17)8(3)11(18-12)9(4)16/h6-7H,5H2,1-4H3. The fourth-order valence-corrected chi connectivity index (χ4v) is 3.05. The van der Waals surface area contributed by atoms with Crippen LogP contribution in [-0.4, -0.2) is 15.3 Å². The fourth-order valence-electron chi connectivity index (χ4n) is 2.02. The van der Waals surface area contributed by atoms with E-state index in [2.05, 4.69) is 18.8 Å². The molecule has 2 rings (SSSR count). The zero-order valence-corrected chi connectivity index (χ0v) is 11.8. The van der Waals surface area contributed by atoms with Gasteiger partial charge in [0.15, 0.2) is 5.78 Å². The SMILES string of the molecule is CC(=O)c1sc2ncn(CC(C)C)c(=O)c2c1C. The molecule has 0 amide bonds. The third kappa shape index (κ3) is 2.10. The maximum Gasteiger partial charge on any atom is 0.262 e. The van der Waals surface area contributed by atoms with E-state index in [1.54, 1.807) is 10.9 Å². The average Bonchev–Trinajstić information content (AvgIpc) is 2.60. The zero-order chi connectivity index (χ0) is 13.4. The summed E-state index contributed by atoms with van der Waals surface area (Å²) in [6.07, 6.45) is 1.57. The number of hydrogen-bond donors (Lipinski definition) is 0. The number of hydrogen-bond acceptors (Lipinski definition) is 4. The molecule has 0 aliphatic heterocycles. The van der Waals surface area contributed by atoms with E-state index < -0.39 is 0 Å². The summed E-state index contributed by atoms with van der Waals surface area (Å²) in [4.78, 5) is 29.4. The van der Waals surface area contributed by atoms with E-state index in [-0.39, 0.29) is 11.3 Å². The lowest BCUT2D eigenvalue weighted by atomic mass is 10.1. The van der Waals surface area contributed by atoms with Gasteiger partial charge in [-0.15, -0.1) is 11.3 Å². The molecule has 0 bridgehead atoms. The van der Waals surface area contributed by atoms with Crippen LogP contribution in [0.1, 0.15) is 36.0 Å². The molecule has 5 heteroatoms. The minimum atomic E-state index is -0.0463. The predicted octanol–water partition coefficient (Wildman–Crippen LogP) is 2.63. The predicted molar refractivity (Wildman–Crippen MR) is 73.5 cm³/mol. The number of ketones is 1. The van der Waals surface area contributed by atoms with Gasteiger partial charge in [0.1, 0.15) is 4.83 Å². The molecular formula is C13H16N2O2S. The Kier molecular flexibility index (Phi) is 3.34. The summed E-state index contributed by atoms with van der Waals surface area (Å²) in [6.45, 7) is 8.09. The molecule has 2 heterocycles. The van der Waals surface area contributed by atoms with E-state index >= 15 is 0 Å². The van der Waals surface area contributed by atoms with Gasteiger partial charge >= 0.3 is 0 Å². The molecule has 4 nitrogen and oxygen atoms in total. The Morgan fingerprint density at radius 2 is 2.17 bits per heavy atom. The van der Waals surface area contributed by atoms with E-state index in [1.165, 1.54) is 18.3 Å². The minimum absolute atomic E-state index is 0.00897.